The summed E-state index contributed by atoms with van der Waals surface area (Å²) in [6.45, 7) is 5.01. The van der Waals surface area contributed by atoms with Crippen LogP contribution in [0.25, 0.3) is 10.9 Å². The van der Waals surface area contributed by atoms with Gasteiger partial charge in [0.2, 0.25) is 0 Å². The molecule has 0 radical (unpaired) electrons. The van der Waals surface area contributed by atoms with Gasteiger partial charge >= 0.3 is 0 Å². The van der Waals surface area contributed by atoms with Crippen LogP contribution in [-0.2, 0) is 13.1 Å². The molecule has 1 heterocycles. The number of nitrogens with one attached hydrogen (secondary N) is 2. The highest BCUT2D eigenvalue weighted by Crippen LogP contribution is 2.24. The van der Waals surface area contributed by atoms with E-state index in [0.717, 1.165) is 33.3 Å². The molecule has 0 atom stereocenters. The summed E-state index contributed by atoms with van der Waals surface area (Å²) in [6, 6.07) is 23.8. The molecule has 168 valence electrons. The van der Waals surface area contributed by atoms with E-state index < -0.39 is 0 Å². The molecule has 0 amide bonds. The summed E-state index contributed by atoms with van der Waals surface area (Å²) in [5, 5.41) is 4.82. The van der Waals surface area contributed by atoms with Gasteiger partial charge in [0, 0.05) is 12.1 Å². The second-order valence-electron chi connectivity index (χ2n) is 8.07. The third-order valence-corrected chi connectivity index (χ3v) is 6.20. The zero-order valence-electron chi connectivity index (χ0n) is 19.0. The largest absolute Gasteiger partial charge is 0.495 e. The molecule has 0 saturated heterocycles. The van der Waals surface area contributed by atoms with Crippen molar-refractivity contribution in [1.82, 2.24) is 9.88 Å². The lowest BCUT2D eigenvalue weighted by atomic mass is 10.0. The number of aromatic nitrogens is 1. The molecule has 1 aromatic heterocycles. The Morgan fingerprint density at radius 3 is 2.48 bits per heavy atom. The number of nitrogens with zero attached hydrogens (tertiary/aromatic N) is 1. The predicted molar refractivity (Wildman–Crippen MR) is 139 cm³/mol. The summed E-state index contributed by atoms with van der Waals surface area (Å²) in [5.74, 6) is 0.703. The highest BCUT2D eigenvalue weighted by Gasteiger charge is 2.16. The van der Waals surface area contributed by atoms with Gasteiger partial charge in [-0.15, -0.1) is 0 Å². The van der Waals surface area contributed by atoms with E-state index in [0.29, 0.717) is 29.5 Å². The summed E-state index contributed by atoms with van der Waals surface area (Å²) in [5.41, 5.74) is 5.56. The zero-order valence-corrected chi connectivity index (χ0v) is 19.8. The summed E-state index contributed by atoms with van der Waals surface area (Å²) < 4.78 is 5.45. The van der Waals surface area contributed by atoms with Crippen LogP contribution in [0.5, 0.6) is 5.75 Å². The van der Waals surface area contributed by atoms with Crippen molar-refractivity contribution in [3.63, 3.8) is 0 Å². The lowest BCUT2D eigenvalue weighted by molar-refractivity contribution is 0.408. The molecular weight excluding hydrogens is 430 g/mol. The van der Waals surface area contributed by atoms with Crippen molar-refractivity contribution in [2.45, 2.75) is 26.9 Å². The van der Waals surface area contributed by atoms with Crippen LogP contribution < -0.4 is 15.6 Å². The predicted octanol–water partition coefficient (Wildman–Crippen LogP) is 5.55. The minimum absolute atomic E-state index is 0.102. The molecular formula is C27H27N3O2S. The van der Waals surface area contributed by atoms with E-state index in [1.165, 1.54) is 0 Å². The fraction of sp³-hybridized carbons (Fsp3) is 0.185. The number of pyridine rings is 1. The van der Waals surface area contributed by atoms with Gasteiger partial charge in [0.15, 0.2) is 5.11 Å². The molecule has 0 fully saturated rings. The third-order valence-electron chi connectivity index (χ3n) is 5.84. The Morgan fingerprint density at radius 1 is 1.00 bits per heavy atom. The van der Waals surface area contributed by atoms with Crippen molar-refractivity contribution in [3.05, 3.63) is 105 Å². The summed E-state index contributed by atoms with van der Waals surface area (Å²) in [6.07, 6.45) is 0. The maximum atomic E-state index is 13.0. The smallest absolute Gasteiger partial charge is 0.253 e. The fourth-order valence-electron chi connectivity index (χ4n) is 3.84. The Morgan fingerprint density at radius 2 is 1.73 bits per heavy atom. The molecule has 2 N–H and O–H groups in total. The number of rotatable bonds is 6. The average molecular weight is 458 g/mol. The molecule has 5 nitrogen and oxygen atoms in total. The van der Waals surface area contributed by atoms with Gasteiger partial charge in [-0.05, 0) is 66.3 Å². The van der Waals surface area contributed by atoms with Crippen LogP contribution in [0.4, 0.5) is 5.69 Å². The van der Waals surface area contributed by atoms with E-state index in [1.807, 2.05) is 73.3 Å². The zero-order chi connectivity index (χ0) is 23.4. The minimum Gasteiger partial charge on any atom is -0.495 e. The number of aryl methyl sites for hydroxylation is 2. The second kappa shape index (κ2) is 9.88. The molecule has 3 aromatic carbocycles. The van der Waals surface area contributed by atoms with Crippen LogP contribution in [0.15, 0.2) is 77.6 Å². The first-order valence-corrected chi connectivity index (χ1v) is 11.2. The highest BCUT2D eigenvalue weighted by molar-refractivity contribution is 7.80. The number of benzene rings is 3. The number of methoxy groups -OCH3 is 1. The number of ether oxygens (including phenoxy) is 1. The van der Waals surface area contributed by atoms with Gasteiger partial charge in [-0.25, -0.2) is 0 Å². The van der Waals surface area contributed by atoms with E-state index in [9.17, 15) is 4.79 Å². The number of para-hydroxylation sites is 2. The highest BCUT2D eigenvalue weighted by atomic mass is 32.1. The average Bonchev–Trinajstić information content (AvgIpc) is 2.83. The quantitative estimate of drug-likeness (QED) is 0.372. The number of hydrogen-bond donors (Lipinski definition) is 2. The standard InChI is InChI=1S/C27H27N3O2S/c1-18-13-14-21-15-22(26(31)29-25(21)19(18)2)17-30(16-20-9-5-4-6-10-20)27(33)28-23-11-7-8-12-24(23)32-3/h4-15H,16-17H2,1-3H3,(H,28,33)(H,29,31). The van der Waals surface area contributed by atoms with Crippen LogP contribution >= 0.6 is 12.2 Å². The maximum Gasteiger partial charge on any atom is 0.253 e. The first-order chi connectivity index (χ1) is 16.0. The molecule has 4 rings (SSSR count). The Labute approximate surface area is 199 Å². The van der Waals surface area contributed by atoms with Gasteiger partial charge < -0.3 is 19.9 Å². The van der Waals surface area contributed by atoms with Crippen LogP contribution in [0, 0.1) is 13.8 Å². The van der Waals surface area contributed by atoms with Crippen molar-refractivity contribution < 1.29 is 4.74 Å². The van der Waals surface area contributed by atoms with Crippen LogP contribution in [0.2, 0.25) is 0 Å². The monoisotopic (exact) mass is 457 g/mol. The molecule has 4 aromatic rings. The molecule has 6 heteroatoms. The van der Waals surface area contributed by atoms with Gasteiger partial charge in [-0.1, -0.05) is 54.6 Å². The summed E-state index contributed by atoms with van der Waals surface area (Å²) in [7, 11) is 1.63. The van der Waals surface area contributed by atoms with Crippen molar-refractivity contribution in [2.24, 2.45) is 0 Å². The van der Waals surface area contributed by atoms with E-state index in [2.05, 4.69) is 28.5 Å². The maximum absolute atomic E-state index is 13.0. The lowest BCUT2D eigenvalue weighted by Gasteiger charge is -2.26. The second-order valence-corrected chi connectivity index (χ2v) is 8.45. The SMILES string of the molecule is COc1ccccc1NC(=S)N(Cc1ccccc1)Cc1cc2ccc(C)c(C)c2[nH]c1=O. The molecule has 0 spiro atoms. The topological polar surface area (TPSA) is 57.4 Å². The fourth-order valence-corrected chi connectivity index (χ4v) is 4.08. The molecule has 0 bridgehead atoms. The van der Waals surface area contributed by atoms with Crippen molar-refractivity contribution in [2.75, 3.05) is 12.4 Å². The lowest BCUT2D eigenvalue weighted by Crippen LogP contribution is -2.35. The Bertz CT molecular complexity index is 1350. The minimum atomic E-state index is -0.102. The Balaban J connectivity index is 1.68. The summed E-state index contributed by atoms with van der Waals surface area (Å²) in [4.78, 5) is 18.1. The molecule has 0 saturated carbocycles. The van der Waals surface area contributed by atoms with Crippen LogP contribution in [0.1, 0.15) is 22.3 Å². The number of anilines is 1. The van der Waals surface area contributed by atoms with Crippen molar-refractivity contribution in [3.8, 4) is 5.75 Å². The molecule has 0 unspecified atom stereocenters. The Kier molecular flexibility index (Phi) is 6.75. The van der Waals surface area contributed by atoms with Crippen molar-refractivity contribution >= 4 is 33.9 Å². The number of fused-ring (bicyclic) bond motifs is 1. The van der Waals surface area contributed by atoms with E-state index in [-0.39, 0.29) is 5.56 Å². The normalized spacial score (nSPS) is 10.8. The first-order valence-electron chi connectivity index (χ1n) is 10.8. The van der Waals surface area contributed by atoms with Gasteiger partial charge in [0.1, 0.15) is 5.75 Å². The van der Waals surface area contributed by atoms with Crippen molar-refractivity contribution in [1.29, 1.82) is 0 Å². The molecule has 0 aliphatic heterocycles. The number of aromatic amines is 1. The van der Waals surface area contributed by atoms with Gasteiger partial charge in [-0.3, -0.25) is 4.79 Å². The molecule has 33 heavy (non-hydrogen) atoms. The van der Waals surface area contributed by atoms with E-state index in [4.69, 9.17) is 17.0 Å². The van der Waals surface area contributed by atoms with Crippen LogP contribution in [-0.4, -0.2) is 22.1 Å². The van der Waals surface area contributed by atoms with E-state index >= 15 is 0 Å². The summed E-state index contributed by atoms with van der Waals surface area (Å²) >= 11 is 5.79. The number of H-pyrrole nitrogens is 1. The van der Waals surface area contributed by atoms with Gasteiger partial charge in [-0.2, -0.15) is 0 Å². The van der Waals surface area contributed by atoms with E-state index in [1.54, 1.807) is 7.11 Å². The van der Waals surface area contributed by atoms with Gasteiger partial charge in [0.05, 0.1) is 24.9 Å². The Hall–Kier alpha value is -3.64. The first kappa shape index (κ1) is 22.6. The molecule has 0 aliphatic carbocycles. The number of thiocarbonyl (C=S) groups is 1. The molecule has 0 aliphatic rings. The van der Waals surface area contributed by atoms with Gasteiger partial charge in [0.25, 0.3) is 5.56 Å². The van der Waals surface area contributed by atoms with Crippen LogP contribution in [0.3, 0.4) is 0 Å². The number of hydrogen-bond acceptors (Lipinski definition) is 3. The third kappa shape index (κ3) is 5.07.